The molecule has 2 rings (SSSR count). The van der Waals surface area contributed by atoms with Crippen LogP contribution in [-0.2, 0) is 13.1 Å². The van der Waals surface area contributed by atoms with Crippen molar-refractivity contribution in [1.82, 2.24) is 10.5 Å². The molecule has 0 amide bonds. The average Bonchev–Trinajstić information content (AvgIpc) is 2.67. The van der Waals surface area contributed by atoms with Crippen LogP contribution in [0.5, 0.6) is 5.75 Å². The number of aromatic nitrogens is 1. The van der Waals surface area contributed by atoms with Crippen molar-refractivity contribution in [3.05, 3.63) is 47.3 Å². The van der Waals surface area contributed by atoms with Crippen molar-refractivity contribution in [3.63, 3.8) is 0 Å². The minimum absolute atomic E-state index is 0.311. The number of hydrogen-bond donors (Lipinski definition) is 2. The van der Waals surface area contributed by atoms with E-state index in [2.05, 4.69) is 10.5 Å². The van der Waals surface area contributed by atoms with Gasteiger partial charge in [-0.15, -0.1) is 0 Å². The van der Waals surface area contributed by atoms with Crippen LogP contribution in [0.1, 0.15) is 17.0 Å². The summed E-state index contributed by atoms with van der Waals surface area (Å²) in [6.07, 6.45) is 0. The van der Waals surface area contributed by atoms with E-state index in [0.29, 0.717) is 18.8 Å². The Hall–Kier alpha value is -1.81. The first-order chi connectivity index (χ1) is 7.75. The molecule has 0 aliphatic carbocycles. The average molecular weight is 218 g/mol. The Morgan fingerprint density at radius 3 is 2.81 bits per heavy atom. The fraction of sp³-hybridized carbons (Fsp3) is 0.250. The Balaban J connectivity index is 1.87. The summed E-state index contributed by atoms with van der Waals surface area (Å²) in [4.78, 5) is 0. The number of aromatic hydroxyl groups is 1. The Morgan fingerprint density at radius 2 is 2.12 bits per heavy atom. The van der Waals surface area contributed by atoms with Crippen LogP contribution in [0.3, 0.4) is 0 Å². The van der Waals surface area contributed by atoms with Crippen molar-refractivity contribution < 1.29 is 9.63 Å². The van der Waals surface area contributed by atoms with Gasteiger partial charge in [0.2, 0.25) is 0 Å². The Kier molecular flexibility index (Phi) is 3.22. The topological polar surface area (TPSA) is 58.3 Å². The third kappa shape index (κ3) is 2.61. The molecule has 0 aliphatic rings. The van der Waals surface area contributed by atoms with Crippen LogP contribution in [0, 0.1) is 6.92 Å². The molecule has 0 atom stereocenters. The first-order valence-electron chi connectivity index (χ1n) is 5.15. The molecule has 0 fully saturated rings. The van der Waals surface area contributed by atoms with Crippen LogP contribution in [0.25, 0.3) is 0 Å². The van der Waals surface area contributed by atoms with Crippen LogP contribution in [-0.4, -0.2) is 10.3 Å². The summed E-state index contributed by atoms with van der Waals surface area (Å²) < 4.78 is 4.95. The molecule has 2 aromatic rings. The molecule has 84 valence electrons. The van der Waals surface area contributed by atoms with E-state index < -0.39 is 0 Å². The van der Waals surface area contributed by atoms with Crippen molar-refractivity contribution in [2.24, 2.45) is 0 Å². The minimum Gasteiger partial charge on any atom is -0.508 e. The normalized spacial score (nSPS) is 10.6. The van der Waals surface area contributed by atoms with Crippen LogP contribution >= 0.6 is 0 Å². The number of nitrogens with zero attached hydrogens (tertiary/aromatic N) is 1. The van der Waals surface area contributed by atoms with E-state index >= 15 is 0 Å². The molecule has 16 heavy (non-hydrogen) atoms. The SMILES string of the molecule is Cc1cc(CNCc2ccccc2O)no1. The van der Waals surface area contributed by atoms with Crippen LogP contribution in [0.2, 0.25) is 0 Å². The predicted octanol–water partition coefficient (Wildman–Crippen LogP) is 1.98. The molecule has 1 aromatic carbocycles. The smallest absolute Gasteiger partial charge is 0.133 e. The molecule has 2 N–H and O–H groups in total. The zero-order chi connectivity index (χ0) is 11.4. The summed E-state index contributed by atoms with van der Waals surface area (Å²) in [6.45, 7) is 3.10. The van der Waals surface area contributed by atoms with Gasteiger partial charge in [-0.2, -0.15) is 0 Å². The number of benzene rings is 1. The van der Waals surface area contributed by atoms with Crippen molar-refractivity contribution >= 4 is 0 Å². The monoisotopic (exact) mass is 218 g/mol. The third-order valence-corrected chi connectivity index (χ3v) is 2.29. The predicted molar refractivity (Wildman–Crippen MR) is 59.9 cm³/mol. The van der Waals surface area contributed by atoms with Gasteiger partial charge in [0, 0.05) is 24.7 Å². The van der Waals surface area contributed by atoms with E-state index in [1.807, 2.05) is 25.1 Å². The molecule has 0 saturated heterocycles. The minimum atomic E-state index is 0.311. The highest BCUT2D eigenvalue weighted by atomic mass is 16.5. The van der Waals surface area contributed by atoms with Crippen molar-refractivity contribution in [2.75, 3.05) is 0 Å². The number of phenols is 1. The summed E-state index contributed by atoms with van der Waals surface area (Å²) in [7, 11) is 0. The van der Waals surface area contributed by atoms with Crippen LogP contribution in [0.15, 0.2) is 34.9 Å². The molecule has 1 heterocycles. The van der Waals surface area contributed by atoms with Gasteiger partial charge in [-0.25, -0.2) is 0 Å². The third-order valence-electron chi connectivity index (χ3n) is 2.29. The van der Waals surface area contributed by atoms with Crippen molar-refractivity contribution in [1.29, 1.82) is 0 Å². The Labute approximate surface area is 93.9 Å². The number of para-hydroxylation sites is 1. The van der Waals surface area contributed by atoms with E-state index in [1.54, 1.807) is 12.1 Å². The first kappa shape index (κ1) is 10.7. The number of hydrogen-bond acceptors (Lipinski definition) is 4. The van der Waals surface area contributed by atoms with E-state index in [9.17, 15) is 5.11 Å². The second-order valence-electron chi connectivity index (χ2n) is 3.66. The lowest BCUT2D eigenvalue weighted by atomic mass is 10.2. The second kappa shape index (κ2) is 4.81. The van der Waals surface area contributed by atoms with Crippen molar-refractivity contribution in [2.45, 2.75) is 20.0 Å². The van der Waals surface area contributed by atoms with E-state index in [4.69, 9.17) is 4.52 Å². The Bertz CT molecular complexity index is 466. The molecule has 0 radical (unpaired) electrons. The first-order valence-corrected chi connectivity index (χ1v) is 5.15. The van der Waals surface area contributed by atoms with Crippen LogP contribution < -0.4 is 5.32 Å². The summed E-state index contributed by atoms with van der Waals surface area (Å²) >= 11 is 0. The van der Waals surface area contributed by atoms with Crippen molar-refractivity contribution in [3.8, 4) is 5.75 Å². The van der Waals surface area contributed by atoms with E-state index in [0.717, 1.165) is 17.0 Å². The van der Waals surface area contributed by atoms with Gasteiger partial charge in [-0.1, -0.05) is 23.4 Å². The summed E-state index contributed by atoms with van der Waals surface area (Å²) in [5.41, 5.74) is 1.75. The van der Waals surface area contributed by atoms with Crippen LogP contribution in [0.4, 0.5) is 0 Å². The number of nitrogens with one attached hydrogen (secondary N) is 1. The summed E-state index contributed by atoms with van der Waals surface area (Å²) in [5, 5.41) is 16.6. The quantitative estimate of drug-likeness (QED) is 0.823. The summed E-state index contributed by atoms with van der Waals surface area (Å²) in [5.74, 6) is 1.12. The maximum absolute atomic E-state index is 9.54. The number of rotatable bonds is 4. The molecule has 0 saturated carbocycles. The molecular weight excluding hydrogens is 204 g/mol. The maximum atomic E-state index is 9.54. The Morgan fingerprint density at radius 1 is 1.31 bits per heavy atom. The molecule has 0 unspecified atom stereocenters. The highest BCUT2D eigenvalue weighted by Crippen LogP contribution is 2.14. The largest absolute Gasteiger partial charge is 0.508 e. The zero-order valence-corrected chi connectivity index (χ0v) is 9.10. The highest BCUT2D eigenvalue weighted by Gasteiger charge is 2.01. The molecule has 4 nitrogen and oxygen atoms in total. The van der Waals surface area contributed by atoms with E-state index in [1.165, 1.54) is 0 Å². The van der Waals surface area contributed by atoms with Gasteiger partial charge in [-0.3, -0.25) is 0 Å². The highest BCUT2D eigenvalue weighted by molar-refractivity contribution is 5.31. The van der Waals surface area contributed by atoms with Gasteiger partial charge in [0.1, 0.15) is 11.5 Å². The maximum Gasteiger partial charge on any atom is 0.133 e. The number of phenolic OH excluding ortho intramolecular Hbond substituents is 1. The molecule has 0 bridgehead atoms. The zero-order valence-electron chi connectivity index (χ0n) is 9.10. The fourth-order valence-electron chi connectivity index (χ4n) is 1.49. The molecule has 0 spiro atoms. The molecule has 4 heteroatoms. The lowest BCUT2D eigenvalue weighted by Crippen LogP contribution is -2.12. The van der Waals surface area contributed by atoms with Gasteiger partial charge in [0.25, 0.3) is 0 Å². The van der Waals surface area contributed by atoms with Gasteiger partial charge in [0.05, 0.1) is 5.69 Å². The van der Waals surface area contributed by atoms with Gasteiger partial charge < -0.3 is 14.9 Å². The van der Waals surface area contributed by atoms with Gasteiger partial charge in [-0.05, 0) is 13.0 Å². The molecule has 1 aromatic heterocycles. The summed E-state index contributed by atoms with van der Waals surface area (Å²) in [6, 6.07) is 9.16. The molecule has 0 aliphatic heterocycles. The second-order valence-corrected chi connectivity index (χ2v) is 3.66. The lowest BCUT2D eigenvalue weighted by Gasteiger charge is -2.04. The standard InChI is InChI=1S/C12H14N2O2/c1-9-6-11(14-16-9)8-13-7-10-4-2-3-5-12(10)15/h2-6,13,15H,7-8H2,1H3. The fourth-order valence-corrected chi connectivity index (χ4v) is 1.49. The molecular formula is C12H14N2O2. The van der Waals surface area contributed by atoms with E-state index in [-0.39, 0.29) is 0 Å². The van der Waals surface area contributed by atoms with Gasteiger partial charge in [0.15, 0.2) is 0 Å². The lowest BCUT2D eigenvalue weighted by molar-refractivity contribution is 0.388. The number of aryl methyl sites for hydroxylation is 1. The van der Waals surface area contributed by atoms with Gasteiger partial charge >= 0.3 is 0 Å².